The second-order valence-electron chi connectivity index (χ2n) is 6.20. The van der Waals surface area contributed by atoms with E-state index in [0.29, 0.717) is 28.5 Å². The van der Waals surface area contributed by atoms with Gasteiger partial charge in [0.25, 0.3) is 5.69 Å². The van der Waals surface area contributed by atoms with Crippen LogP contribution >= 0.6 is 43.5 Å². The Balaban J connectivity index is 1.83. The Kier molecular flexibility index (Phi) is 7.27. The number of hydrogen-bond donors (Lipinski definition) is 0. The molecule has 0 unspecified atom stereocenters. The predicted molar refractivity (Wildman–Crippen MR) is 124 cm³/mol. The summed E-state index contributed by atoms with van der Waals surface area (Å²) >= 11 is 12.9. The lowest BCUT2D eigenvalue weighted by atomic mass is 10.0. The molecule has 5 nitrogen and oxygen atoms in total. The van der Waals surface area contributed by atoms with Crippen molar-refractivity contribution in [1.29, 1.82) is 5.26 Å². The number of nitrogens with zero attached hydrogens (tertiary/aromatic N) is 2. The zero-order chi connectivity index (χ0) is 21.7. The van der Waals surface area contributed by atoms with Crippen LogP contribution in [-0.2, 0) is 6.61 Å². The molecule has 30 heavy (non-hydrogen) atoms. The first-order valence-corrected chi connectivity index (χ1v) is 10.6. The van der Waals surface area contributed by atoms with Crippen LogP contribution in [-0.4, -0.2) is 4.92 Å². The summed E-state index contributed by atoms with van der Waals surface area (Å²) in [7, 11) is 0. The van der Waals surface area contributed by atoms with Gasteiger partial charge in [-0.05, 0) is 91.0 Å². The Morgan fingerprint density at radius 2 is 1.70 bits per heavy atom. The maximum absolute atomic E-state index is 10.8. The molecule has 0 aliphatic heterocycles. The third kappa shape index (κ3) is 5.48. The van der Waals surface area contributed by atoms with Gasteiger partial charge in [0.2, 0.25) is 0 Å². The first-order valence-electron chi connectivity index (χ1n) is 8.60. The van der Waals surface area contributed by atoms with Gasteiger partial charge in [-0.2, -0.15) is 5.26 Å². The molecule has 0 saturated carbocycles. The van der Waals surface area contributed by atoms with Crippen molar-refractivity contribution in [2.45, 2.75) is 6.61 Å². The third-order valence-corrected chi connectivity index (χ3v) is 5.57. The second kappa shape index (κ2) is 9.90. The number of nitriles is 1. The van der Waals surface area contributed by atoms with Gasteiger partial charge in [-0.3, -0.25) is 10.1 Å². The van der Waals surface area contributed by atoms with Crippen molar-refractivity contribution in [1.82, 2.24) is 0 Å². The topological polar surface area (TPSA) is 76.2 Å². The van der Waals surface area contributed by atoms with Crippen molar-refractivity contribution in [3.05, 3.63) is 101 Å². The average molecular weight is 549 g/mol. The molecular formula is C22H13Br2ClN2O3. The number of benzene rings is 3. The summed E-state index contributed by atoms with van der Waals surface area (Å²) < 4.78 is 7.35. The standard InChI is InChI=1S/C22H13Br2ClN2O3/c23-20-10-15(9-17(12-26)16-3-7-19(8-4-16)27(28)29)11-21(24)22(20)30-13-14-1-5-18(25)6-2-14/h1-11H,13H2/b17-9+. The summed E-state index contributed by atoms with van der Waals surface area (Å²) in [5, 5.41) is 21.0. The number of nitro groups is 1. The summed E-state index contributed by atoms with van der Waals surface area (Å²) in [6.07, 6.45) is 1.71. The molecule has 0 amide bonds. The van der Waals surface area contributed by atoms with E-state index in [2.05, 4.69) is 37.9 Å². The molecule has 0 saturated heterocycles. The lowest BCUT2D eigenvalue weighted by Gasteiger charge is -2.12. The van der Waals surface area contributed by atoms with Crippen LogP contribution in [0.4, 0.5) is 5.69 Å². The second-order valence-corrected chi connectivity index (χ2v) is 8.35. The van der Waals surface area contributed by atoms with Crippen molar-refractivity contribution in [3.63, 3.8) is 0 Å². The fourth-order valence-electron chi connectivity index (χ4n) is 2.65. The summed E-state index contributed by atoms with van der Waals surface area (Å²) in [5.74, 6) is 0.635. The minimum absolute atomic E-state index is 0.0243. The highest BCUT2D eigenvalue weighted by molar-refractivity contribution is 9.11. The number of rotatable bonds is 6. The minimum atomic E-state index is -0.476. The molecule has 0 aliphatic carbocycles. The third-order valence-electron chi connectivity index (χ3n) is 4.14. The highest BCUT2D eigenvalue weighted by Crippen LogP contribution is 2.36. The van der Waals surface area contributed by atoms with Gasteiger partial charge in [0.05, 0.1) is 25.5 Å². The number of allylic oxidation sites excluding steroid dienone is 1. The summed E-state index contributed by atoms with van der Waals surface area (Å²) in [5.41, 5.74) is 2.70. The normalized spacial score (nSPS) is 11.1. The van der Waals surface area contributed by atoms with Gasteiger partial charge < -0.3 is 4.74 Å². The van der Waals surface area contributed by atoms with Gasteiger partial charge in [-0.1, -0.05) is 23.7 Å². The van der Waals surface area contributed by atoms with Crippen LogP contribution in [0.5, 0.6) is 5.75 Å². The van der Waals surface area contributed by atoms with Crippen molar-refractivity contribution < 1.29 is 9.66 Å². The van der Waals surface area contributed by atoms with E-state index in [1.807, 2.05) is 24.3 Å². The van der Waals surface area contributed by atoms with Crippen molar-refractivity contribution in [2.75, 3.05) is 0 Å². The lowest BCUT2D eigenvalue weighted by molar-refractivity contribution is -0.384. The Morgan fingerprint density at radius 3 is 2.23 bits per heavy atom. The molecular weight excluding hydrogens is 536 g/mol. The summed E-state index contributed by atoms with van der Waals surface area (Å²) in [6, 6.07) is 19.1. The van der Waals surface area contributed by atoms with Crippen molar-refractivity contribution in [2.24, 2.45) is 0 Å². The molecule has 0 atom stereocenters. The van der Waals surface area contributed by atoms with E-state index in [-0.39, 0.29) is 5.69 Å². The number of ether oxygens (including phenoxy) is 1. The number of non-ortho nitro benzene ring substituents is 1. The quantitative estimate of drug-likeness (QED) is 0.139. The predicted octanol–water partition coefficient (Wildman–Crippen LogP) is 7.42. The Hall–Kier alpha value is -2.66. The van der Waals surface area contributed by atoms with Crippen molar-refractivity contribution >= 4 is 60.8 Å². The molecule has 0 heterocycles. The molecule has 0 radical (unpaired) electrons. The molecule has 0 fully saturated rings. The lowest BCUT2D eigenvalue weighted by Crippen LogP contribution is -1.97. The van der Waals surface area contributed by atoms with E-state index in [1.165, 1.54) is 12.1 Å². The van der Waals surface area contributed by atoms with Crippen LogP contribution in [0, 0.1) is 21.4 Å². The van der Waals surface area contributed by atoms with Gasteiger partial charge in [0.1, 0.15) is 12.4 Å². The van der Waals surface area contributed by atoms with E-state index >= 15 is 0 Å². The van der Waals surface area contributed by atoms with E-state index in [9.17, 15) is 15.4 Å². The van der Waals surface area contributed by atoms with Crippen LogP contribution < -0.4 is 4.74 Å². The van der Waals surface area contributed by atoms with Crippen LogP contribution in [0.15, 0.2) is 69.6 Å². The summed E-state index contributed by atoms with van der Waals surface area (Å²) in [6.45, 7) is 0.371. The SMILES string of the molecule is N#C/C(=C\c1cc(Br)c(OCc2ccc(Cl)cc2)c(Br)c1)c1ccc([N+](=O)[O-])cc1. The molecule has 0 aliphatic rings. The van der Waals surface area contributed by atoms with Crippen LogP contribution in [0.3, 0.4) is 0 Å². The fourth-order valence-corrected chi connectivity index (χ4v) is 4.22. The van der Waals surface area contributed by atoms with E-state index in [1.54, 1.807) is 30.3 Å². The molecule has 0 aromatic heterocycles. The van der Waals surface area contributed by atoms with E-state index in [0.717, 1.165) is 20.1 Å². The molecule has 8 heteroatoms. The number of nitro benzene ring substituents is 1. The Morgan fingerprint density at radius 1 is 1.10 bits per heavy atom. The molecule has 0 spiro atoms. The van der Waals surface area contributed by atoms with Gasteiger partial charge in [-0.25, -0.2) is 0 Å². The molecule has 0 bridgehead atoms. The highest BCUT2D eigenvalue weighted by Gasteiger charge is 2.11. The van der Waals surface area contributed by atoms with E-state index < -0.39 is 4.92 Å². The maximum atomic E-state index is 10.8. The van der Waals surface area contributed by atoms with Crippen LogP contribution in [0.25, 0.3) is 11.6 Å². The average Bonchev–Trinajstić information content (AvgIpc) is 2.73. The molecule has 0 N–H and O–H groups in total. The van der Waals surface area contributed by atoms with Crippen LogP contribution in [0.2, 0.25) is 5.02 Å². The largest absolute Gasteiger partial charge is 0.487 e. The fraction of sp³-hybridized carbons (Fsp3) is 0.0455. The zero-order valence-corrected chi connectivity index (χ0v) is 19.2. The molecule has 150 valence electrons. The number of halogens is 3. The first-order chi connectivity index (χ1) is 14.4. The zero-order valence-electron chi connectivity index (χ0n) is 15.3. The molecule has 3 aromatic rings. The van der Waals surface area contributed by atoms with Crippen molar-refractivity contribution in [3.8, 4) is 11.8 Å². The molecule has 3 rings (SSSR count). The van der Waals surface area contributed by atoms with Gasteiger partial charge in [0.15, 0.2) is 0 Å². The number of hydrogen-bond acceptors (Lipinski definition) is 4. The van der Waals surface area contributed by atoms with Gasteiger partial charge in [0, 0.05) is 17.2 Å². The smallest absolute Gasteiger partial charge is 0.269 e. The van der Waals surface area contributed by atoms with Gasteiger partial charge >= 0.3 is 0 Å². The minimum Gasteiger partial charge on any atom is -0.487 e. The Bertz CT molecular complexity index is 1130. The van der Waals surface area contributed by atoms with Crippen LogP contribution in [0.1, 0.15) is 16.7 Å². The molecule has 3 aromatic carbocycles. The first kappa shape index (κ1) is 22.0. The monoisotopic (exact) mass is 546 g/mol. The summed E-state index contributed by atoms with van der Waals surface area (Å²) in [4.78, 5) is 10.3. The van der Waals surface area contributed by atoms with Gasteiger partial charge in [-0.15, -0.1) is 0 Å². The maximum Gasteiger partial charge on any atom is 0.269 e. The van der Waals surface area contributed by atoms with E-state index in [4.69, 9.17) is 16.3 Å². The Labute approximate surface area is 195 Å². The highest BCUT2D eigenvalue weighted by atomic mass is 79.9.